The lowest BCUT2D eigenvalue weighted by Gasteiger charge is -2.30. The van der Waals surface area contributed by atoms with Gasteiger partial charge in [0.2, 0.25) is 0 Å². The number of alkyl halides is 3. The smallest absolute Gasteiger partial charge is 0.389 e. The molecule has 4 nitrogen and oxygen atoms in total. The van der Waals surface area contributed by atoms with Gasteiger partial charge in [0.25, 0.3) is 0 Å². The summed E-state index contributed by atoms with van der Waals surface area (Å²) in [6.45, 7) is 8.95. The standard InChI is InChI=1S/C18H15ClF4N2O2/c1-9-14(17(26)27-3)15(11-5-4-10(20)8-12(11)19)16(24-2)13(25-9)6-7-18(21,22)23/h4-5,8,15,25H,6-7H2,1,3H3. The summed E-state index contributed by atoms with van der Waals surface area (Å²) in [6.07, 6.45) is -6.02. The van der Waals surface area contributed by atoms with Crippen molar-refractivity contribution < 1.29 is 27.1 Å². The summed E-state index contributed by atoms with van der Waals surface area (Å²) < 4.78 is 56.1. The highest BCUT2D eigenvalue weighted by Gasteiger charge is 2.37. The van der Waals surface area contributed by atoms with Gasteiger partial charge in [0.1, 0.15) is 5.82 Å². The summed E-state index contributed by atoms with van der Waals surface area (Å²) in [7, 11) is 1.15. The first-order chi connectivity index (χ1) is 12.6. The lowest BCUT2D eigenvalue weighted by Crippen LogP contribution is -2.29. The Hall–Kier alpha value is -2.53. The van der Waals surface area contributed by atoms with Crippen LogP contribution in [0.1, 0.15) is 31.2 Å². The van der Waals surface area contributed by atoms with Crippen LogP contribution in [0.3, 0.4) is 0 Å². The summed E-state index contributed by atoms with van der Waals surface area (Å²) in [5.41, 5.74) is 0.441. The predicted octanol–water partition coefficient (Wildman–Crippen LogP) is 5.09. The van der Waals surface area contributed by atoms with Gasteiger partial charge in [0.05, 0.1) is 25.2 Å². The molecule has 0 radical (unpaired) electrons. The number of halogens is 5. The summed E-state index contributed by atoms with van der Waals surface area (Å²) in [6, 6.07) is 3.42. The van der Waals surface area contributed by atoms with Crippen molar-refractivity contribution in [1.82, 2.24) is 5.32 Å². The average molecular weight is 403 g/mol. The molecule has 0 aliphatic carbocycles. The van der Waals surface area contributed by atoms with Crippen LogP contribution in [0.5, 0.6) is 0 Å². The zero-order valence-corrected chi connectivity index (χ0v) is 15.1. The number of esters is 1. The molecule has 0 bridgehead atoms. The molecule has 0 saturated heterocycles. The first kappa shape index (κ1) is 20.8. The van der Waals surface area contributed by atoms with Gasteiger partial charge in [-0.3, -0.25) is 0 Å². The molecular weight excluding hydrogens is 388 g/mol. The third-order valence-electron chi connectivity index (χ3n) is 4.07. The number of dihydropyridines is 1. The van der Waals surface area contributed by atoms with E-state index in [2.05, 4.69) is 10.2 Å². The van der Waals surface area contributed by atoms with Crippen molar-refractivity contribution >= 4 is 17.6 Å². The van der Waals surface area contributed by atoms with Crippen molar-refractivity contribution in [1.29, 1.82) is 0 Å². The van der Waals surface area contributed by atoms with E-state index < -0.39 is 36.7 Å². The van der Waals surface area contributed by atoms with Crippen LogP contribution in [0.2, 0.25) is 5.02 Å². The molecule has 27 heavy (non-hydrogen) atoms. The molecule has 1 heterocycles. The maximum absolute atomic E-state index is 13.4. The van der Waals surface area contributed by atoms with Gasteiger partial charge in [0, 0.05) is 22.8 Å². The largest absolute Gasteiger partial charge is 0.466 e. The number of nitrogens with one attached hydrogen (secondary N) is 1. The number of nitrogens with zero attached hydrogens (tertiary/aromatic N) is 1. The first-order valence-corrected chi connectivity index (χ1v) is 8.15. The van der Waals surface area contributed by atoms with E-state index >= 15 is 0 Å². The summed E-state index contributed by atoms with van der Waals surface area (Å²) in [4.78, 5) is 15.6. The highest BCUT2D eigenvalue weighted by molar-refractivity contribution is 6.31. The Bertz CT molecular complexity index is 869. The summed E-state index contributed by atoms with van der Waals surface area (Å²) >= 11 is 6.10. The molecule has 1 N–H and O–H groups in total. The number of methoxy groups -OCH3 is 1. The Morgan fingerprint density at radius 1 is 1.41 bits per heavy atom. The normalized spacial score (nSPS) is 17.5. The maximum atomic E-state index is 13.4. The van der Waals surface area contributed by atoms with Crippen molar-refractivity contribution in [3.63, 3.8) is 0 Å². The van der Waals surface area contributed by atoms with E-state index in [4.69, 9.17) is 22.9 Å². The molecule has 1 unspecified atom stereocenters. The maximum Gasteiger partial charge on any atom is 0.389 e. The minimum atomic E-state index is -4.41. The van der Waals surface area contributed by atoms with E-state index in [-0.39, 0.29) is 33.3 Å². The Balaban J connectivity index is 2.64. The zero-order valence-electron chi connectivity index (χ0n) is 14.4. The van der Waals surface area contributed by atoms with E-state index in [1.807, 2.05) is 0 Å². The second-order valence-corrected chi connectivity index (χ2v) is 6.25. The lowest BCUT2D eigenvalue weighted by atomic mass is 9.83. The van der Waals surface area contributed by atoms with Gasteiger partial charge in [-0.15, -0.1) is 0 Å². The Morgan fingerprint density at radius 2 is 2.07 bits per heavy atom. The minimum absolute atomic E-state index is 0.0350. The monoisotopic (exact) mass is 402 g/mol. The second kappa shape index (κ2) is 8.01. The van der Waals surface area contributed by atoms with E-state index in [0.717, 1.165) is 19.2 Å². The number of carbonyl (C=O) groups is 1. The average Bonchev–Trinajstić information content (AvgIpc) is 2.58. The molecule has 2 rings (SSSR count). The number of ether oxygens (including phenoxy) is 1. The van der Waals surface area contributed by atoms with Gasteiger partial charge < -0.3 is 10.1 Å². The summed E-state index contributed by atoms with van der Waals surface area (Å²) in [5, 5.41) is 2.66. The highest BCUT2D eigenvalue weighted by atomic mass is 35.5. The predicted molar refractivity (Wildman–Crippen MR) is 90.9 cm³/mol. The van der Waals surface area contributed by atoms with Gasteiger partial charge in [-0.25, -0.2) is 14.0 Å². The molecule has 1 aliphatic heterocycles. The van der Waals surface area contributed by atoms with Crippen molar-refractivity contribution in [2.45, 2.75) is 31.9 Å². The molecule has 0 fully saturated rings. The van der Waals surface area contributed by atoms with Gasteiger partial charge in [-0.1, -0.05) is 17.7 Å². The molecule has 0 amide bonds. The lowest BCUT2D eigenvalue weighted by molar-refractivity contribution is -0.137. The first-order valence-electron chi connectivity index (χ1n) is 7.77. The Labute approximate surface area is 158 Å². The number of hydrogen-bond acceptors (Lipinski definition) is 3. The fourth-order valence-electron chi connectivity index (χ4n) is 2.89. The quantitative estimate of drug-likeness (QED) is 0.433. The molecule has 1 aliphatic rings. The molecule has 9 heteroatoms. The van der Waals surface area contributed by atoms with Crippen LogP contribution in [0, 0.1) is 12.4 Å². The number of allylic oxidation sites excluding steroid dienone is 3. The van der Waals surface area contributed by atoms with Crippen LogP contribution in [-0.4, -0.2) is 19.3 Å². The molecule has 144 valence electrons. The van der Waals surface area contributed by atoms with E-state index in [0.29, 0.717) is 0 Å². The van der Waals surface area contributed by atoms with Gasteiger partial charge in [-0.05, 0) is 31.0 Å². The van der Waals surface area contributed by atoms with Crippen LogP contribution in [0.15, 0.2) is 40.9 Å². The van der Waals surface area contributed by atoms with Gasteiger partial charge in [0.15, 0.2) is 5.70 Å². The number of carbonyl (C=O) groups excluding carboxylic acids is 1. The van der Waals surface area contributed by atoms with Crippen LogP contribution >= 0.6 is 11.6 Å². The molecule has 0 saturated carbocycles. The topological polar surface area (TPSA) is 42.7 Å². The van der Waals surface area contributed by atoms with Crippen molar-refractivity contribution in [2.24, 2.45) is 0 Å². The molecule has 0 aromatic heterocycles. The minimum Gasteiger partial charge on any atom is -0.466 e. The van der Waals surface area contributed by atoms with E-state index in [1.165, 1.54) is 13.0 Å². The van der Waals surface area contributed by atoms with Gasteiger partial charge >= 0.3 is 12.1 Å². The fourth-order valence-corrected chi connectivity index (χ4v) is 3.17. The van der Waals surface area contributed by atoms with Crippen LogP contribution in [0.25, 0.3) is 4.85 Å². The van der Waals surface area contributed by atoms with E-state index in [1.54, 1.807) is 0 Å². The number of hydrogen-bond donors (Lipinski definition) is 1. The van der Waals surface area contributed by atoms with Gasteiger partial charge in [-0.2, -0.15) is 13.2 Å². The number of rotatable bonds is 4. The van der Waals surface area contributed by atoms with Crippen molar-refractivity contribution in [2.75, 3.05) is 7.11 Å². The molecule has 1 aromatic carbocycles. The third kappa shape index (κ3) is 4.61. The highest BCUT2D eigenvalue weighted by Crippen LogP contribution is 2.43. The second-order valence-electron chi connectivity index (χ2n) is 5.84. The van der Waals surface area contributed by atoms with Crippen molar-refractivity contribution in [3.8, 4) is 0 Å². The third-order valence-corrected chi connectivity index (χ3v) is 4.40. The molecule has 1 aromatic rings. The Kier molecular flexibility index (Phi) is 6.16. The summed E-state index contributed by atoms with van der Waals surface area (Å²) in [5.74, 6) is -2.45. The molecule has 0 spiro atoms. The Morgan fingerprint density at radius 3 is 2.59 bits per heavy atom. The molecule has 1 atom stereocenters. The van der Waals surface area contributed by atoms with Crippen LogP contribution in [0.4, 0.5) is 17.6 Å². The SMILES string of the molecule is [C-]#[N+]C1=C(CCC(F)(F)F)NC(C)=C(C(=O)OC)C1c1ccc(F)cc1Cl. The van der Waals surface area contributed by atoms with E-state index in [9.17, 15) is 22.4 Å². The number of benzene rings is 1. The zero-order chi connectivity index (χ0) is 20.4. The van der Waals surface area contributed by atoms with Crippen LogP contribution < -0.4 is 5.32 Å². The van der Waals surface area contributed by atoms with Crippen LogP contribution in [-0.2, 0) is 9.53 Å². The van der Waals surface area contributed by atoms with Crippen molar-refractivity contribution in [3.05, 3.63) is 68.7 Å². The molecular formula is C18H15ClF4N2O2. The fraction of sp³-hybridized carbons (Fsp3) is 0.333.